The van der Waals surface area contributed by atoms with E-state index in [9.17, 15) is 0 Å². The fraction of sp³-hybridized carbons (Fsp3) is 0.571. The zero-order valence-corrected chi connectivity index (χ0v) is 29.2. The van der Waals surface area contributed by atoms with Crippen molar-refractivity contribution in [2.45, 2.75) is 130 Å². The largest absolute Gasteiger partial charge is 0.494 e. The molecule has 0 bridgehead atoms. The van der Waals surface area contributed by atoms with E-state index >= 15 is 0 Å². The highest BCUT2D eigenvalue weighted by molar-refractivity contribution is 6.66. The van der Waals surface area contributed by atoms with Crippen LogP contribution < -0.4 is 10.9 Å². The molecule has 3 heterocycles. The zero-order chi connectivity index (χ0) is 32.7. The van der Waals surface area contributed by atoms with Crippen LogP contribution in [0.4, 0.5) is 0 Å². The highest BCUT2D eigenvalue weighted by Crippen LogP contribution is 2.43. The van der Waals surface area contributed by atoms with Crippen LogP contribution in [0.3, 0.4) is 0 Å². The second-order valence-corrected chi connectivity index (χ2v) is 16.5. The van der Waals surface area contributed by atoms with E-state index < -0.39 is 36.6 Å². The lowest BCUT2D eigenvalue weighted by Gasteiger charge is -2.32. The summed E-state index contributed by atoms with van der Waals surface area (Å²) < 4.78 is 26.3. The molecule has 2 aromatic carbocycles. The SMILES string of the molecule is CC(C)(C)c1cc(-c2cc(B3OC(C)(C)C(C)(C)O3)cc(B3OC(C)(C)C(C)(C)O3)c2)c(-c2ncncn2)c(C(C)(C)C)c1. The average Bonchev–Trinajstić information content (AvgIpc) is 3.26. The van der Waals surface area contributed by atoms with Gasteiger partial charge in [0.05, 0.1) is 22.4 Å². The van der Waals surface area contributed by atoms with E-state index in [0.29, 0.717) is 5.82 Å². The summed E-state index contributed by atoms with van der Waals surface area (Å²) in [6.07, 6.45) is 3.12. The summed E-state index contributed by atoms with van der Waals surface area (Å²) in [5.74, 6) is 0.638. The first-order chi connectivity index (χ1) is 20.0. The van der Waals surface area contributed by atoms with Crippen molar-refractivity contribution in [3.05, 3.63) is 54.1 Å². The van der Waals surface area contributed by atoms with Gasteiger partial charge in [0.1, 0.15) is 12.7 Å². The van der Waals surface area contributed by atoms with Gasteiger partial charge in [-0.25, -0.2) is 15.0 Å². The summed E-state index contributed by atoms with van der Waals surface area (Å²) in [7, 11) is -1.12. The molecule has 7 nitrogen and oxygen atoms in total. The molecule has 2 fully saturated rings. The van der Waals surface area contributed by atoms with Crippen molar-refractivity contribution in [3.63, 3.8) is 0 Å². The zero-order valence-electron chi connectivity index (χ0n) is 29.2. The van der Waals surface area contributed by atoms with Gasteiger partial charge in [0.15, 0.2) is 5.82 Å². The van der Waals surface area contributed by atoms with E-state index in [0.717, 1.165) is 27.6 Å². The molecule has 0 saturated carbocycles. The van der Waals surface area contributed by atoms with Gasteiger partial charge in [-0.15, -0.1) is 0 Å². The smallest absolute Gasteiger partial charge is 0.399 e. The highest BCUT2D eigenvalue weighted by Gasteiger charge is 2.54. The predicted octanol–water partition coefficient (Wildman–Crippen LogP) is 6.40. The molecule has 0 spiro atoms. The van der Waals surface area contributed by atoms with Gasteiger partial charge in [0.2, 0.25) is 0 Å². The van der Waals surface area contributed by atoms with Gasteiger partial charge in [0, 0.05) is 5.56 Å². The Labute approximate surface area is 265 Å². The Morgan fingerprint density at radius 2 is 1.00 bits per heavy atom. The molecule has 0 aliphatic carbocycles. The third kappa shape index (κ3) is 5.89. The van der Waals surface area contributed by atoms with Gasteiger partial charge in [-0.05, 0) is 105 Å². The van der Waals surface area contributed by atoms with Gasteiger partial charge < -0.3 is 18.6 Å². The fourth-order valence-corrected chi connectivity index (χ4v) is 5.57. The van der Waals surface area contributed by atoms with Crippen LogP contribution in [0, 0.1) is 0 Å². The lowest BCUT2D eigenvalue weighted by molar-refractivity contribution is 0.00578. The highest BCUT2D eigenvalue weighted by atomic mass is 16.7. The minimum Gasteiger partial charge on any atom is -0.399 e. The maximum Gasteiger partial charge on any atom is 0.494 e. The van der Waals surface area contributed by atoms with E-state index in [1.165, 1.54) is 11.1 Å². The topological polar surface area (TPSA) is 75.6 Å². The second kappa shape index (κ2) is 10.5. The molecule has 2 saturated heterocycles. The first kappa shape index (κ1) is 32.8. The van der Waals surface area contributed by atoms with Crippen molar-refractivity contribution in [1.29, 1.82) is 0 Å². The summed E-state index contributed by atoms with van der Waals surface area (Å²) in [5, 5.41) is 0. The molecule has 3 aromatic rings. The van der Waals surface area contributed by atoms with Crippen molar-refractivity contribution in [1.82, 2.24) is 15.0 Å². The Balaban J connectivity index is 1.82. The summed E-state index contributed by atoms with van der Waals surface area (Å²) >= 11 is 0. The Hall–Kier alpha value is -2.58. The van der Waals surface area contributed by atoms with Crippen molar-refractivity contribution < 1.29 is 18.6 Å². The predicted molar refractivity (Wildman–Crippen MR) is 180 cm³/mol. The Morgan fingerprint density at radius 3 is 1.39 bits per heavy atom. The fourth-order valence-electron chi connectivity index (χ4n) is 5.57. The summed E-state index contributed by atoms with van der Waals surface area (Å²) in [6, 6.07) is 11.1. The van der Waals surface area contributed by atoms with E-state index in [-0.39, 0.29) is 10.8 Å². The molecular weight excluding hydrogens is 548 g/mol. The molecule has 0 radical (unpaired) electrons. The van der Waals surface area contributed by atoms with Crippen LogP contribution >= 0.6 is 0 Å². The van der Waals surface area contributed by atoms with Crippen LogP contribution in [0.1, 0.15) is 108 Å². The van der Waals surface area contributed by atoms with Crippen molar-refractivity contribution in [3.8, 4) is 22.5 Å². The lowest BCUT2D eigenvalue weighted by atomic mass is 9.69. The van der Waals surface area contributed by atoms with Crippen LogP contribution in [0.15, 0.2) is 43.0 Å². The van der Waals surface area contributed by atoms with Gasteiger partial charge in [0.25, 0.3) is 0 Å². The monoisotopic (exact) mass is 597 g/mol. The maximum atomic E-state index is 6.57. The molecule has 9 heteroatoms. The minimum atomic E-state index is -0.561. The van der Waals surface area contributed by atoms with Gasteiger partial charge in [-0.2, -0.15) is 0 Å². The molecule has 234 valence electrons. The lowest BCUT2D eigenvalue weighted by Crippen LogP contribution is -2.41. The maximum absolute atomic E-state index is 6.57. The number of hydrogen-bond acceptors (Lipinski definition) is 7. The van der Waals surface area contributed by atoms with Crippen LogP contribution in [-0.4, -0.2) is 51.6 Å². The van der Waals surface area contributed by atoms with Crippen LogP contribution in [0.25, 0.3) is 22.5 Å². The quantitative estimate of drug-likeness (QED) is 0.323. The van der Waals surface area contributed by atoms with E-state index in [1.54, 1.807) is 12.7 Å². The molecule has 2 aliphatic heterocycles. The Kier molecular flexibility index (Phi) is 7.81. The van der Waals surface area contributed by atoms with Gasteiger partial charge >= 0.3 is 14.2 Å². The minimum absolute atomic E-state index is 0.0930. The first-order valence-electron chi connectivity index (χ1n) is 15.7. The molecule has 44 heavy (non-hydrogen) atoms. The molecule has 2 aliphatic rings. The van der Waals surface area contributed by atoms with E-state index in [1.807, 2.05) is 0 Å². The van der Waals surface area contributed by atoms with E-state index in [2.05, 4.69) is 142 Å². The van der Waals surface area contributed by atoms with Crippen LogP contribution in [-0.2, 0) is 29.4 Å². The third-order valence-corrected chi connectivity index (χ3v) is 9.87. The molecule has 0 unspecified atom stereocenters. The molecule has 0 atom stereocenters. The number of rotatable bonds is 4. The molecule has 0 N–H and O–H groups in total. The molecule has 0 amide bonds. The summed E-state index contributed by atoms with van der Waals surface area (Å²) in [6.45, 7) is 30.1. The summed E-state index contributed by atoms with van der Waals surface area (Å²) in [4.78, 5) is 13.4. The molecule has 5 rings (SSSR count). The molecular formula is C35H49B2N3O4. The van der Waals surface area contributed by atoms with Crippen LogP contribution in [0.5, 0.6) is 0 Å². The Bertz CT molecular complexity index is 1470. The number of nitrogens with zero attached hydrogens (tertiary/aromatic N) is 3. The standard InChI is InChI=1S/C35H49B2N3O4/c1-30(2,3)23-17-26(28(27(18-23)31(4,5)6)29-39-20-38-21-40-29)22-15-24(36-41-32(7,8)33(9,10)42-36)19-25(16-22)37-43-34(11,12)35(13,14)44-37/h15-21H,1-14H3. The second-order valence-electron chi connectivity index (χ2n) is 16.5. The number of hydrogen-bond donors (Lipinski definition) is 0. The number of benzene rings is 2. The van der Waals surface area contributed by atoms with Crippen molar-refractivity contribution in [2.75, 3.05) is 0 Å². The van der Waals surface area contributed by atoms with Crippen molar-refractivity contribution >= 4 is 25.2 Å². The summed E-state index contributed by atoms with van der Waals surface area (Å²) in [5.41, 5.74) is 5.01. The van der Waals surface area contributed by atoms with E-state index in [4.69, 9.17) is 18.6 Å². The number of aromatic nitrogens is 3. The average molecular weight is 597 g/mol. The third-order valence-electron chi connectivity index (χ3n) is 9.87. The van der Waals surface area contributed by atoms with Crippen molar-refractivity contribution in [2.24, 2.45) is 0 Å². The van der Waals surface area contributed by atoms with Crippen LogP contribution in [0.2, 0.25) is 0 Å². The Morgan fingerprint density at radius 1 is 0.568 bits per heavy atom. The van der Waals surface area contributed by atoms with Gasteiger partial charge in [-0.1, -0.05) is 65.8 Å². The molecule has 1 aromatic heterocycles. The van der Waals surface area contributed by atoms with Gasteiger partial charge in [-0.3, -0.25) is 0 Å². The first-order valence-corrected chi connectivity index (χ1v) is 15.7. The normalized spacial score (nSPS) is 20.8.